The van der Waals surface area contributed by atoms with Gasteiger partial charge in [-0.25, -0.2) is 0 Å². The lowest BCUT2D eigenvalue weighted by molar-refractivity contribution is 0.291. The number of nitrogens with one attached hydrogen (secondary N) is 1. The van der Waals surface area contributed by atoms with Gasteiger partial charge >= 0.3 is 0 Å². The third-order valence-corrected chi connectivity index (χ3v) is 4.73. The van der Waals surface area contributed by atoms with Crippen LogP contribution >= 0.6 is 23.2 Å². The first-order chi connectivity index (χ1) is 12.5. The smallest absolute Gasteiger partial charge is 0.260 e. The molecule has 0 saturated carbocycles. The van der Waals surface area contributed by atoms with E-state index >= 15 is 0 Å². The first-order valence-electron chi connectivity index (χ1n) is 8.05. The van der Waals surface area contributed by atoms with Crippen LogP contribution in [-0.2, 0) is 4.84 Å². The summed E-state index contributed by atoms with van der Waals surface area (Å²) in [6.07, 6.45) is 2.49. The summed E-state index contributed by atoms with van der Waals surface area (Å²) in [4.78, 5) is 21.3. The minimum Gasteiger partial charge on any atom is -0.357 e. The highest BCUT2D eigenvalue weighted by Crippen LogP contribution is 2.35. The van der Waals surface area contributed by atoms with Crippen LogP contribution < -0.4 is 5.56 Å². The van der Waals surface area contributed by atoms with Gasteiger partial charge in [-0.05, 0) is 48.9 Å². The van der Waals surface area contributed by atoms with E-state index in [1.54, 1.807) is 24.3 Å². The number of benzene rings is 2. The summed E-state index contributed by atoms with van der Waals surface area (Å²) in [7, 11) is 0. The minimum absolute atomic E-state index is 0.245. The fourth-order valence-electron chi connectivity index (χ4n) is 3.01. The molecule has 0 atom stereocenters. The molecule has 1 N–H and O–H groups in total. The molecule has 1 aliphatic heterocycles. The average molecular weight is 385 g/mol. The highest BCUT2D eigenvalue weighted by atomic mass is 35.5. The van der Waals surface area contributed by atoms with E-state index in [1.807, 2.05) is 31.2 Å². The number of halogens is 2. The molecule has 1 aliphatic rings. The van der Waals surface area contributed by atoms with E-state index in [1.165, 1.54) is 0 Å². The van der Waals surface area contributed by atoms with Crippen LogP contribution in [0.25, 0.3) is 27.8 Å². The number of fused-ring (bicyclic) bond motifs is 1. The molecule has 0 aliphatic carbocycles. The summed E-state index contributed by atoms with van der Waals surface area (Å²) >= 11 is 12.3. The second-order valence-corrected chi connectivity index (χ2v) is 6.96. The molecule has 0 bridgehead atoms. The number of pyridine rings is 1. The number of aromatic nitrogens is 1. The van der Waals surface area contributed by atoms with Crippen LogP contribution in [0.4, 0.5) is 0 Å². The summed E-state index contributed by atoms with van der Waals surface area (Å²) in [5.41, 5.74) is 3.32. The Morgan fingerprint density at radius 3 is 2.46 bits per heavy atom. The van der Waals surface area contributed by atoms with Crippen molar-refractivity contribution in [3.05, 3.63) is 74.5 Å². The molecular formula is C20H14Cl2N2O2. The molecule has 1 aromatic heterocycles. The molecule has 0 saturated heterocycles. The van der Waals surface area contributed by atoms with Crippen molar-refractivity contribution in [1.29, 1.82) is 0 Å². The van der Waals surface area contributed by atoms with E-state index in [0.717, 1.165) is 22.2 Å². The van der Waals surface area contributed by atoms with Crippen LogP contribution in [0.15, 0.2) is 58.5 Å². The van der Waals surface area contributed by atoms with Crippen molar-refractivity contribution in [2.45, 2.75) is 13.3 Å². The monoisotopic (exact) mass is 384 g/mol. The molecule has 3 aromatic rings. The maximum Gasteiger partial charge on any atom is 0.260 e. The van der Waals surface area contributed by atoms with E-state index in [-0.39, 0.29) is 5.56 Å². The van der Waals surface area contributed by atoms with Gasteiger partial charge in [0.05, 0.1) is 11.3 Å². The molecule has 4 rings (SSSR count). The number of oxime groups is 1. The van der Waals surface area contributed by atoms with Crippen LogP contribution in [0.3, 0.4) is 0 Å². The van der Waals surface area contributed by atoms with Gasteiger partial charge in [0, 0.05) is 32.9 Å². The van der Waals surface area contributed by atoms with Crippen LogP contribution in [0.5, 0.6) is 0 Å². The predicted octanol–water partition coefficient (Wildman–Crippen LogP) is 5.64. The largest absolute Gasteiger partial charge is 0.357 e. The second kappa shape index (κ2) is 6.63. The Morgan fingerprint density at radius 2 is 1.77 bits per heavy atom. The molecule has 0 fully saturated rings. The highest BCUT2D eigenvalue weighted by Gasteiger charge is 2.21. The van der Waals surface area contributed by atoms with E-state index in [0.29, 0.717) is 33.3 Å². The average Bonchev–Trinajstić information content (AvgIpc) is 2.63. The molecular weight excluding hydrogens is 371 g/mol. The van der Waals surface area contributed by atoms with Crippen molar-refractivity contribution in [1.82, 2.24) is 4.98 Å². The van der Waals surface area contributed by atoms with Gasteiger partial charge in [-0.1, -0.05) is 40.5 Å². The standard InChI is InChI=1S/C20H14Cl2N2O2/c1-11-2-9-17(26-24-11)19-18(12-3-5-13(21)6-4-12)15-10-14(22)7-8-16(15)23-20(19)25/h3-10H,2H2,1H3,(H,23,25). The summed E-state index contributed by atoms with van der Waals surface area (Å²) in [6.45, 7) is 1.87. The van der Waals surface area contributed by atoms with Gasteiger partial charge in [-0.2, -0.15) is 0 Å². The lowest BCUT2D eigenvalue weighted by atomic mass is 9.94. The number of aromatic amines is 1. The van der Waals surface area contributed by atoms with E-state index in [4.69, 9.17) is 28.0 Å². The Bertz CT molecular complexity index is 1130. The maximum absolute atomic E-state index is 12.9. The lowest BCUT2D eigenvalue weighted by Crippen LogP contribution is -2.16. The first kappa shape index (κ1) is 16.9. The van der Waals surface area contributed by atoms with Crippen molar-refractivity contribution in [2.24, 2.45) is 5.16 Å². The fraction of sp³-hybridized carbons (Fsp3) is 0.100. The van der Waals surface area contributed by atoms with Crippen molar-refractivity contribution < 1.29 is 4.84 Å². The quantitative estimate of drug-likeness (QED) is 0.621. The van der Waals surface area contributed by atoms with Crippen molar-refractivity contribution in [2.75, 3.05) is 0 Å². The zero-order chi connectivity index (χ0) is 18.3. The molecule has 26 heavy (non-hydrogen) atoms. The Morgan fingerprint density at radius 1 is 1.04 bits per heavy atom. The number of H-pyrrole nitrogens is 1. The van der Waals surface area contributed by atoms with Gasteiger partial charge in [-0.3, -0.25) is 4.79 Å². The Labute approximate surface area is 159 Å². The van der Waals surface area contributed by atoms with E-state index < -0.39 is 0 Å². The molecule has 0 amide bonds. The van der Waals surface area contributed by atoms with Crippen molar-refractivity contribution in [3.8, 4) is 11.1 Å². The van der Waals surface area contributed by atoms with Crippen LogP contribution in [0.1, 0.15) is 18.9 Å². The molecule has 130 valence electrons. The van der Waals surface area contributed by atoms with Gasteiger partial charge in [-0.15, -0.1) is 0 Å². The van der Waals surface area contributed by atoms with Crippen LogP contribution in [0, 0.1) is 0 Å². The van der Waals surface area contributed by atoms with Gasteiger partial charge < -0.3 is 9.82 Å². The second-order valence-electron chi connectivity index (χ2n) is 6.09. The third-order valence-electron chi connectivity index (χ3n) is 4.24. The molecule has 0 unspecified atom stereocenters. The molecule has 0 radical (unpaired) electrons. The molecule has 2 aromatic carbocycles. The number of hydrogen-bond donors (Lipinski definition) is 1. The SMILES string of the molecule is CC1=NOC(c2c(-c3ccc(Cl)cc3)c3cc(Cl)ccc3[nH]c2=O)=CC1. The van der Waals surface area contributed by atoms with Gasteiger partial charge in [0.25, 0.3) is 5.56 Å². The maximum atomic E-state index is 12.9. The zero-order valence-electron chi connectivity index (χ0n) is 13.8. The van der Waals surface area contributed by atoms with Crippen molar-refractivity contribution in [3.63, 3.8) is 0 Å². The van der Waals surface area contributed by atoms with Crippen molar-refractivity contribution >= 4 is 45.6 Å². The number of nitrogens with zero attached hydrogens (tertiary/aromatic N) is 1. The predicted molar refractivity (Wildman–Crippen MR) is 107 cm³/mol. The number of hydrogen-bond acceptors (Lipinski definition) is 3. The minimum atomic E-state index is -0.245. The summed E-state index contributed by atoms with van der Waals surface area (Å²) in [5, 5.41) is 6.05. The summed E-state index contributed by atoms with van der Waals surface area (Å²) < 4.78 is 0. The molecule has 0 spiro atoms. The molecule has 4 nitrogen and oxygen atoms in total. The van der Waals surface area contributed by atoms with Gasteiger partial charge in [0.1, 0.15) is 0 Å². The summed E-state index contributed by atoms with van der Waals surface area (Å²) in [6, 6.07) is 12.7. The third kappa shape index (κ3) is 3.02. The Kier molecular flexibility index (Phi) is 4.31. The van der Waals surface area contributed by atoms with Gasteiger partial charge in [0.2, 0.25) is 0 Å². The highest BCUT2D eigenvalue weighted by molar-refractivity contribution is 6.31. The van der Waals surface area contributed by atoms with Gasteiger partial charge in [0.15, 0.2) is 5.76 Å². The Hall–Kier alpha value is -2.56. The topological polar surface area (TPSA) is 54.4 Å². The van der Waals surface area contributed by atoms with Crippen LogP contribution in [0.2, 0.25) is 10.0 Å². The Balaban J connectivity index is 2.07. The number of rotatable bonds is 2. The zero-order valence-corrected chi connectivity index (χ0v) is 15.4. The van der Waals surface area contributed by atoms with Crippen LogP contribution in [-0.4, -0.2) is 10.7 Å². The molecule has 6 heteroatoms. The lowest BCUT2D eigenvalue weighted by Gasteiger charge is -2.16. The van der Waals surface area contributed by atoms with E-state index in [9.17, 15) is 4.79 Å². The normalized spacial score (nSPS) is 14.0. The first-order valence-corrected chi connectivity index (χ1v) is 8.81. The summed E-state index contributed by atoms with van der Waals surface area (Å²) in [5.74, 6) is 0.434. The van der Waals surface area contributed by atoms with E-state index in [2.05, 4.69) is 10.1 Å². The molecule has 2 heterocycles. The number of allylic oxidation sites excluding steroid dienone is 1. The fourth-order valence-corrected chi connectivity index (χ4v) is 3.30.